The van der Waals surface area contributed by atoms with Crippen molar-refractivity contribution < 1.29 is 28.6 Å². The third-order valence-electron chi connectivity index (χ3n) is 5.32. The van der Waals surface area contributed by atoms with Crippen LogP contribution in [0.4, 0.5) is 0 Å². The third-order valence-corrected chi connectivity index (χ3v) is 5.57. The van der Waals surface area contributed by atoms with Crippen LogP contribution < -0.4 is 9.47 Å². The number of carbonyl (C=O) groups excluding carboxylic acids is 3. The number of amides is 1. The summed E-state index contributed by atoms with van der Waals surface area (Å²) in [6.45, 7) is 5.07. The fraction of sp³-hybridized carbons (Fsp3) is 0.400. The van der Waals surface area contributed by atoms with E-state index in [9.17, 15) is 14.4 Å². The predicted octanol–water partition coefficient (Wildman–Crippen LogP) is 4.56. The molecule has 2 aromatic carbocycles. The Labute approximate surface area is 198 Å². The van der Waals surface area contributed by atoms with Gasteiger partial charge in [-0.1, -0.05) is 11.6 Å². The normalized spacial score (nSPS) is 14.3. The lowest BCUT2D eigenvalue weighted by Gasteiger charge is -2.26. The molecular formula is C25H28ClNO6. The van der Waals surface area contributed by atoms with Crippen molar-refractivity contribution in [1.29, 1.82) is 0 Å². The van der Waals surface area contributed by atoms with Gasteiger partial charge in [0.1, 0.15) is 0 Å². The number of ketones is 1. The molecule has 33 heavy (non-hydrogen) atoms. The first kappa shape index (κ1) is 24.6. The molecule has 1 aliphatic rings. The van der Waals surface area contributed by atoms with Crippen molar-refractivity contribution in [2.75, 3.05) is 26.3 Å². The smallest absolute Gasteiger partial charge is 0.338 e. The van der Waals surface area contributed by atoms with Gasteiger partial charge >= 0.3 is 5.97 Å². The van der Waals surface area contributed by atoms with Gasteiger partial charge in [-0.2, -0.15) is 0 Å². The average molecular weight is 474 g/mol. The maximum Gasteiger partial charge on any atom is 0.338 e. The molecule has 0 aliphatic carbocycles. The summed E-state index contributed by atoms with van der Waals surface area (Å²) >= 11 is 5.85. The first-order valence-corrected chi connectivity index (χ1v) is 11.4. The number of halogens is 1. The van der Waals surface area contributed by atoms with Crippen LogP contribution >= 0.6 is 11.6 Å². The third kappa shape index (κ3) is 6.71. The lowest BCUT2D eigenvalue weighted by Crippen LogP contribution is -2.38. The van der Waals surface area contributed by atoms with E-state index in [0.29, 0.717) is 28.7 Å². The summed E-state index contributed by atoms with van der Waals surface area (Å²) in [5.74, 6) is -0.378. The number of nitrogens with zero attached hydrogens (tertiary/aromatic N) is 1. The van der Waals surface area contributed by atoms with Crippen LogP contribution in [0.3, 0.4) is 0 Å². The number of piperidine rings is 1. The Morgan fingerprint density at radius 2 is 1.61 bits per heavy atom. The molecule has 0 bridgehead atoms. The van der Waals surface area contributed by atoms with Crippen LogP contribution in [0.5, 0.6) is 11.5 Å². The van der Waals surface area contributed by atoms with Crippen LogP contribution in [0.25, 0.3) is 0 Å². The number of hydrogen-bond donors (Lipinski definition) is 0. The lowest BCUT2D eigenvalue weighted by molar-refractivity contribution is -0.134. The van der Waals surface area contributed by atoms with E-state index < -0.39 is 12.1 Å². The zero-order chi connectivity index (χ0) is 23.8. The van der Waals surface area contributed by atoms with Crippen molar-refractivity contribution >= 4 is 29.3 Å². The summed E-state index contributed by atoms with van der Waals surface area (Å²) in [6.07, 6.45) is 2.17. The van der Waals surface area contributed by atoms with Gasteiger partial charge in [0, 0.05) is 23.7 Å². The minimum atomic E-state index is -0.979. The number of hydrogen-bond acceptors (Lipinski definition) is 6. The van der Waals surface area contributed by atoms with Gasteiger partial charge in [-0.25, -0.2) is 4.79 Å². The molecular weight excluding hydrogens is 446 g/mol. The van der Waals surface area contributed by atoms with E-state index in [2.05, 4.69) is 0 Å². The van der Waals surface area contributed by atoms with Crippen molar-refractivity contribution in [2.24, 2.45) is 0 Å². The second-order valence-electron chi connectivity index (χ2n) is 7.74. The molecule has 0 N–H and O–H groups in total. The maximum atomic E-state index is 12.6. The van der Waals surface area contributed by atoms with Gasteiger partial charge in [0.05, 0.1) is 12.2 Å². The second-order valence-corrected chi connectivity index (χ2v) is 8.18. The quantitative estimate of drug-likeness (QED) is 0.392. The fourth-order valence-corrected chi connectivity index (χ4v) is 3.65. The highest BCUT2D eigenvalue weighted by atomic mass is 35.5. The molecule has 1 unspecified atom stereocenters. The summed E-state index contributed by atoms with van der Waals surface area (Å²) in [5, 5.41) is 0.514. The lowest BCUT2D eigenvalue weighted by atomic mass is 10.1. The number of likely N-dealkylation sites (tertiary alicyclic amines) is 1. The Morgan fingerprint density at radius 3 is 2.27 bits per heavy atom. The van der Waals surface area contributed by atoms with Crippen molar-refractivity contribution in [3.8, 4) is 11.5 Å². The molecule has 3 rings (SSSR count). The van der Waals surface area contributed by atoms with Gasteiger partial charge < -0.3 is 19.1 Å². The highest BCUT2D eigenvalue weighted by Crippen LogP contribution is 2.29. The molecule has 1 saturated heterocycles. The molecule has 0 saturated carbocycles. The van der Waals surface area contributed by atoms with Gasteiger partial charge in [-0.3, -0.25) is 9.59 Å². The van der Waals surface area contributed by atoms with Crippen LogP contribution in [0, 0.1) is 0 Å². The van der Waals surface area contributed by atoms with Crippen LogP contribution in [0.15, 0.2) is 42.5 Å². The fourth-order valence-electron chi connectivity index (χ4n) is 3.53. The van der Waals surface area contributed by atoms with Crippen molar-refractivity contribution in [3.05, 3.63) is 58.6 Å². The highest BCUT2D eigenvalue weighted by molar-refractivity contribution is 6.30. The van der Waals surface area contributed by atoms with Crippen LogP contribution in [0.2, 0.25) is 5.02 Å². The van der Waals surface area contributed by atoms with Gasteiger partial charge in [-0.05, 0) is 75.6 Å². The Balaban J connectivity index is 1.64. The zero-order valence-corrected chi connectivity index (χ0v) is 19.6. The summed E-state index contributed by atoms with van der Waals surface area (Å²) < 4.78 is 16.6. The summed E-state index contributed by atoms with van der Waals surface area (Å²) in [4.78, 5) is 39.3. The van der Waals surface area contributed by atoms with Crippen molar-refractivity contribution in [3.63, 3.8) is 0 Å². The molecule has 0 aromatic heterocycles. The molecule has 1 aliphatic heterocycles. The summed E-state index contributed by atoms with van der Waals surface area (Å²) in [7, 11) is 0. The van der Waals surface area contributed by atoms with Crippen molar-refractivity contribution in [2.45, 2.75) is 39.2 Å². The summed E-state index contributed by atoms with van der Waals surface area (Å²) in [6, 6.07) is 11.0. The van der Waals surface area contributed by atoms with E-state index >= 15 is 0 Å². The SMILES string of the molecule is CCOc1cc(C(=O)OC(C)C(=O)c2ccc(Cl)cc2)ccc1OCC(=O)N1CCCCC1. The van der Waals surface area contributed by atoms with Gasteiger partial charge in [0.2, 0.25) is 5.78 Å². The molecule has 176 valence electrons. The molecule has 1 atom stereocenters. The number of benzene rings is 2. The maximum absolute atomic E-state index is 12.6. The van der Waals surface area contributed by atoms with Crippen LogP contribution in [-0.4, -0.2) is 55.0 Å². The van der Waals surface area contributed by atoms with Gasteiger partial charge in [-0.15, -0.1) is 0 Å². The minimum Gasteiger partial charge on any atom is -0.490 e. The van der Waals surface area contributed by atoms with Gasteiger partial charge in [0.25, 0.3) is 5.91 Å². The molecule has 2 aromatic rings. The van der Waals surface area contributed by atoms with E-state index in [1.807, 2.05) is 0 Å². The number of ether oxygens (including phenoxy) is 3. The van der Waals surface area contributed by atoms with Gasteiger partial charge in [0.15, 0.2) is 24.2 Å². The molecule has 8 heteroatoms. The van der Waals surface area contributed by atoms with Crippen LogP contribution in [-0.2, 0) is 9.53 Å². The Bertz CT molecular complexity index is 985. The van der Waals surface area contributed by atoms with E-state index in [1.165, 1.54) is 19.1 Å². The van der Waals surface area contributed by atoms with E-state index in [-0.39, 0.29) is 23.9 Å². The number of esters is 1. The van der Waals surface area contributed by atoms with Crippen molar-refractivity contribution in [1.82, 2.24) is 4.90 Å². The topological polar surface area (TPSA) is 82.1 Å². The first-order chi connectivity index (χ1) is 15.9. The molecule has 1 amide bonds. The standard InChI is InChI=1S/C25H28ClNO6/c1-3-31-22-15-19(9-12-21(22)32-16-23(28)27-13-5-4-6-14-27)25(30)33-17(2)24(29)18-7-10-20(26)11-8-18/h7-12,15,17H,3-6,13-14,16H2,1-2H3. The summed E-state index contributed by atoms with van der Waals surface area (Å²) in [5.41, 5.74) is 0.612. The monoisotopic (exact) mass is 473 g/mol. The molecule has 1 fully saturated rings. The molecule has 0 radical (unpaired) electrons. The minimum absolute atomic E-state index is 0.0739. The number of carbonyl (C=O) groups is 3. The molecule has 7 nitrogen and oxygen atoms in total. The Kier molecular flexibility index (Phi) is 8.72. The highest BCUT2D eigenvalue weighted by Gasteiger charge is 2.22. The van der Waals surface area contributed by atoms with Crippen LogP contribution in [0.1, 0.15) is 53.8 Å². The Hall–Kier alpha value is -3.06. The van der Waals surface area contributed by atoms with E-state index in [1.54, 1.807) is 42.2 Å². The molecule has 0 spiro atoms. The number of rotatable bonds is 9. The number of Topliss-reactive ketones (excluding diaryl/α,β-unsaturated/α-hetero) is 1. The Morgan fingerprint density at radius 1 is 0.939 bits per heavy atom. The largest absolute Gasteiger partial charge is 0.490 e. The zero-order valence-electron chi connectivity index (χ0n) is 18.8. The molecule has 1 heterocycles. The second kappa shape index (κ2) is 11.7. The first-order valence-electron chi connectivity index (χ1n) is 11.1. The average Bonchev–Trinajstić information content (AvgIpc) is 2.83. The van der Waals surface area contributed by atoms with E-state index in [4.69, 9.17) is 25.8 Å². The predicted molar refractivity (Wildman–Crippen MR) is 124 cm³/mol. The van der Waals surface area contributed by atoms with E-state index in [0.717, 1.165) is 32.4 Å².